The van der Waals surface area contributed by atoms with Crippen LogP contribution in [-0.2, 0) is 9.68 Å². The summed E-state index contributed by atoms with van der Waals surface area (Å²) in [5.74, 6) is 6.32. The van der Waals surface area contributed by atoms with Gasteiger partial charge in [-0.15, -0.1) is 0 Å². The highest BCUT2D eigenvalue weighted by molar-refractivity contribution is 5.90. The predicted molar refractivity (Wildman–Crippen MR) is 107 cm³/mol. The summed E-state index contributed by atoms with van der Waals surface area (Å²) in [4.78, 5) is 11.1. The van der Waals surface area contributed by atoms with Gasteiger partial charge in [0.1, 0.15) is 19.3 Å². The van der Waals surface area contributed by atoms with E-state index in [-0.39, 0.29) is 13.2 Å². The van der Waals surface area contributed by atoms with E-state index in [1.54, 1.807) is 0 Å². The number of nitrogens with zero attached hydrogens (tertiary/aromatic N) is 2. The van der Waals surface area contributed by atoms with Crippen LogP contribution in [0.5, 0.6) is 0 Å². The van der Waals surface area contributed by atoms with Crippen molar-refractivity contribution in [2.45, 2.75) is 70.3 Å². The minimum atomic E-state index is -0.664. The van der Waals surface area contributed by atoms with Crippen LogP contribution >= 0.6 is 0 Å². The van der Waals surface area contributed by atoms with Crippen molar-refractivity contribution in [2.24, 2.45) is 57.7 Å². The summed E-state index contributed by atoms with van der Waals surface area (Å²) in [5, 5.41) is 19.2. The zero-order valence-corrected chi connectivity index (χ0v) is 16.8. The van der Waals surface area contributed by atoms with Crippen molar-refractivity contribution in [1.82, 2.24) is 0 Å². The van der Waals surface area contributed by atoms with Crippen LogP contribution in [0.15, 0.2) is 10.3 Å². The molecule has 8 rings (SSSR count). The molecule has 0 aromatic heterocycles. The maximum Gasteiger partial charge on any atom is 0.146 e. The molecule has 8 bridgehead atoms. The molecule has 0 aromatic rings. The molecule has 0 atom stereocenters. The lowest BCUT2D eigenvalue weighted by atomic mass is 9.55. The summed E-state index contributed by atoms with van der Waals surface area (Å²) in [6, 6.07) is 0. The molecule has 8 saturated carbocycles. The second kappa shape index (κ2) is 7.00. The Morgan fingerprint density at radius 3 is 1.25 bits per heavy atom. The first-order valence-electron chi connectivity index (χ1n) is 11.8. The Morgan fingerprint density at radius 1 is 0.607 bits per heavy atom. The van der Waals surface area contributed by atoms with Gasteiger partial charge in [-0.3, -0.25) is 0 Å². The zero-order valence-electron chi connectivity index (χ0n) is 16.8. The second-order valence-electron chi connectivity index (χ2n) is 10.9. The maximum absolute atomic E-state index is 10.2. The molecule has 8 aliphatic rings. The van der Waals surface area contributed by atoms with Crippen molar-refractivity contribution < 1.29 is 14.8 Å². The van der Waals surface area contributed by atoms with Gasteiger partial charge in [0, 0.05) is 23.7 Å². The van der Waals surface area contributed by atoms with Crippen molar-refractivity contribution in [3.63, 3.8) is 0 Å². The van der Waals surface area contributed by atoms with E-state index < -0.39 is 6.10 Å². The molecule has 0 heterocycles. The van der Waals surface area contributed by atoms with E-state index in [0.717, 1.165) is 23.7 Å². The SMILES string of the molecule is OC(CON=C1C2CC3CC(C2)CC1C3)CON=C1C2CC3CC(C2)CC1C3. The normalized spacial score (nSPS) is 46.0. The maximum atomic E-state index is 10.2. The molecule has 154 valence electrons. The average molecular weight is 387 g/mol. The van der Waals surface area contributed by atoms with Crippen molar-refractivity contribution in [3.05, 3.63) is 0 Å². The minimum Gasteiger partial charge on any atom is -0.393 e. The fourth-order valence-corrected chi connectivity index (χ4v) is 8.08. The fraction of sp³-hybridized carbons (Fsp3) is 0.913. The highest BCUT2D eigenvalue weighted by Gasteiger charge is 2.47. The Hall–Kier alpha value is -1.10. The lowest BCUT2D eigenvalue weighted by Gasteiger charge is -2.50. The molecule has 0 aliphatic heterocycles. The van der Waals surface area contributed by atoms with E-state index >= 15 is 0 Å². The first kappa shape index (κ1) is 17.7. The standard InChI is InChI=1S/C23H34N2O3/c26-21(11-27-24-22-17-3-13-1-14(5-17)6-18(22)4-13)12-28-25-23-19-7-15-2-16(9-19)10-20(23)8-15/h13-21,26H,1-12H2. The van der Waals surface area contributed by atoms with Gasteiger partial charge in [0.2, 0.25) is 0 Å². The van der Waals surface area contributed by atoms with Gasteiger partial charge in [-0.05, 0) is 87.9 Å². The van der Waals surface area contributed by atoms with Crippen LogP contribution in [0.2, 0.25) is 0 Å². The van der Waals surface area contributed by atoms with Crippen LogP contribution in [-0.4, -0.2) is 35.8 Å². The average Bonchev–Trinajstić information content (AvgIpc) is 2.65. The number of oxime groups is 2. The van der Waals surface area contributed by atoms with Gasteiger partial charge in [-0.2, -0.15) is 0 Å². The van der Waals surface area contributed by atoms with Gasteiger partial charge in [0.05, 0.1) is 11.4 Å². The van der Waals surface area contributed by atoms with Gasteiger partial charge in [-0.1, -0.05) is 10.3 Å². The van der Waals surface area contributed by atoms with Gasteiger partial charge < -0.3 is 14.8 Å². The van der Waals surface area contributed by atoms with Crippen molar-refractivity contribution in [2.75, 3.05) is 13.2 Å². The first-order valence-corrected chi connectivity index (χ1v) is 11.8. The van der Waals surface area contributed by atoms with Gasteiger partial charge in [-0.25, -0.2) is 0 Å². The fourth-order valence-electron chi connectivity index (χ4n) is 8.08. The van der Waals surface area contributed by atoms with E-state index in [4.69, 9.17) is 9.68 Å². The monoisotopic (exact) mass is 386 g/mol. The van der Waals surface area contributed by atoms with Crippen molar-refractivity contribution in [3.8, 4) is 0 Å². The van der Waals surface area contributed by atoms with Gasteiger partial charge in [0.25, 0.3) is 0 Å². The van der Waals surface area contributed by atoms with Crippen molar-refractivity contribution in [1.29, 1.82) is 0 Å². The minimum absolute atomic E-state index is 0.206. The number of rotatable bonds is 6. The lowest BCUT2D eigenvalue weighted by Crippen LogP contribution is -2.45. The number of hydrogen-bond acceptors (Lipinski definition) is 5. The molecule has 0 spiro atoms. The molecular formula is C23H34N2O3. The summed E-state index contributed by atoms with van der Waals surface area (Å²) >= 11 is 0. The first-order chi connectivity index (χ1) is 13.7. The van der Waals surface area contributed by atoms with E-state index in [1.807, 2.05) is 0 Å². The largest absolute Gasteiger partial charge is 0.393 e. The molecule has 0 aromatic carbocycles. The van der Waals surface area contributed by atoms with Crippen LogP contribution in [0, 0.1) is 47.3 Å². The van der Waals surface area contributed by atoms with E-state index in [0.29, 0.717) is 23.7 Å². The second-order valence-corrected chi connectivity index (χ2v) is 10.9. The number of hydrogen-bond donors (Lipinski definition) is 1. The van der Waals surface area contributed by atoms with Crippen LogP contribution in [0.25, 0.3) is 0 Å². The molecule has 28 heavy (non-hydrogen) atoms. The molecule has 8 aliphatic carbocycles. The molecular weight excluding hydrogens is 352 g/mol. The van der Waals surface area contributed by atoms with E-state index in [9.17, 15) is 5.11 Å². The highest BCUT2D eigenvalue weighted by atomic mass is 16.7. The van der Waals surface area contributed by atoms with Gasteiger partial charge >= 0.3 is 0 Å². The topological polar surface area (TPSA) is 63.4 Å². The van der Waals surface area contributed by atoms with Gasteiger partial charge in [0.15, 0.2) is 0 Å². The summed E-state index contributed by atoms with van der Waals surface area (Å²) < 4.78 is 0. The third kappa shape index (κ3) is 3.18. The number of aliphatic hydroxyl groups excluding tert-OH is 1. The van der Waals surface area contributed by atoms with Crippen molar-refractivity contribution >= 4 is 11.4 Å². The van der Waals surface area contributed by atoms with Crippen LogP contribution in [0.4, 0.5) is 0 Å². The van der Waals surface area contributed by atoms with Crippen LogP contribution in [0.1, 0.15) is 64.2 Å². The Bertz CT molecular complexity index is 557. The summed E-state index contributed by atoms with van der Waals surface area (Å²) in [5.41, 5.74) is 2.57. The lowest BCUT2D eigenvalue weighted by molar-refractivity contribution is -0.0204. The van der Waals surface area contributed by atoms with Crippen LogP contribution < -0.4 is 0 Å². The highest BCUT2D eigenvalue weighted by Crippen LogP contribution is 2.53. The zero-order chi connectivity index (χ0) is 18.7. The summed E-state index contributed by atoms with van der Waals surface area (Å²) in [6.45, 7) is 0.412. The Balaban J connectivity index is 0.983. The molecule has 0 unspecified atom stereocenters. The molecule has 1 N–H and O–H groups in total. The molecule has 0 saturated heterocycles. The molecule has 5 heteroatoms. The smallest absolute Gasteiger partial charge is 0.146 e. The van der Waals surface area contributed by atoms with E-state index in [1.165, 1.54) is 75.6 Å². The predicted octanol–water partition coefficient (Wildman–Crippen LogP) is 4.00. The Kier molecular flexibility index (Phi) is 4.43. The molecule has 0 radical (unpaired) electrons. The summed E-state index contributed by atoms with van der Waals surface area (Å²) in [7, 11) is 0. The third-order valence-corrected chi connectivity index (χ3v) is 8.82. The van der Waals surface area contributed by atoms with Crippen LogP contribution in [0.3, 0.4) is 0 Å². The molecule has 5 nitrogen and oxygen atoms in total. The molecule has 8 fully saturated rings. The summed E-state index contributed by atoms with van der Waals surface area (Å²) in [6.07, 6.45) is 12.7. The quantitative estimate of drug-likeness (QED) is 0.702. The number of aliphatic hydroxyl groups is 1. The third-order valence-electron chi connectivity index (χ3n) is 8.82. The Morgan fingerprint density at radius 2 is 0.929 bits per heavy atom. The Labute approximate surface area is 167 Å². The molecule has 0 amide bonds. The van der Waals surface area contributed by atoms with E-state index in [2.05, 4.69) is 10.3 Å².